The van der Waals surface area contributed by atoms with Crippen molar-refractivity contribution in [3.8, 4) is 62.5 Å². The van der Waals surface area contributed by atoms with Crippen molar-refractivity contribution in [1.82, 2.24) is 25.2 Å². The predicted molar refractivity (Wildman–Crippen MR) is 432 cm³/mol. The molecule has 0 fully saturated rings. The molecule has 0 saturated carbocycles. The number of nitriles is 1. The van der Waals surface area contributed by atoms with Gasteiger partial charge in [-0.05, 0) is 168 Å². The van der Waals surface area contributed by atoms with Gasteiger partial charge in [-0.3, -0.25) is 38.9 Å². The van der Waals surface area contributed by atoms with Crippen molar-refractivity contribution in [1.29, 1.82) is 5.26 Å². The van der Waals surface area contributed by atoms with E-state index in [0.717, 1.165) is 49.4 Å². The van der Waals surface area contributed by atoms with Crippen LogP contribution in [0.15, 0.2) is 132 Å². The molecule has 8 N–H and O–H groups in total. The van der Waals surface area contributed by atoms with Gasteiger partial charge < -0.3 is 46.7 Å². The van der Waals surface area contributed by atoms with Gasteiger partial charge in [0.15, 0.2) is 17.3 Å². The molecular weight excluding hydrogens is 1440 g/mol. The number of fused-ring (bicyclic) bond motifs is 5. The summed E-state index contributed by atoms with van der Waals surface area (Å²) < 4.78 is 17.8. The molecular formula is C88H106BrN9O11. The number of halogens is 1. The van der Waals surface area contributed by atoms with Crippen LogP contribution in [0.2, 0.25) is 0 Å². The van der Waals surface area contributed by atoms with Crippen LogP contribution in [0.3, 0.4) is 0 Å². The van der Waals surface area contributed by atoms with Gasteiger partial charge in [0.05, 0.1) is 58.8 Å². The van der Waals surface area contributed by atoms with Gasteiger partial charge in [-0.2, -0.15) is 5.26 Å². The Balaban J connectivity index is 0.000000308. The molecule has 4 heterocycles. The quantitative estimate of drug-likeness (QED) is 0.0330. The summed E-state index contributed by atoms with van der Waals surface area (Å²) in [5.41, 5.74) is 33.9. The number of nitrogens with one attached hydrogen (secondary N) is 1. The summed E-state index contributed by atoms with van der Waals surface area (Å²) in [5, 5.41) is 21.2. The number of amides is 2. The van der Waals surface area contributed by atoms with Crippen molar-refractivity contribution in [3.63, 3.8) is 0 Å². The zero-order valence-electron chi connectivity index (χ0n) is 66.1. The Morgan fingerprint density at radius 1 is 0.624 bits per heavy atom. The van der Waals surface area contributed by atoms with Crippen molar-refractivity contribution in [2.45, 2.75) is 171 Å². The van der Waals surface area contributed by atoms with Crippen LogP contribution in [0.5, 0.6) is 11.5 Å². The van der Waals surface area contributed by atoms with Gasteiger partial charge in [0.1, 0.15) is 30.8 Å². The summed E-state index contributed by atoms with van der Waals surface area (Å²) in [6.45, 7) is 31.2. The normalized spacial score (nSPS) is 14.7. The number of likely N-dealkylation sites (N-methyl/N-ethyl adjacent to an activating group) is 1. The molecule has 20 nitrogen and oxygen atoms in total. The fourth-order valence-electron chi connectivity index (χ4n) is 13.0. The van der Waals surface area contributed by atoms with Crippen molar-refractivity contribution < 1.29 is 52.9 Å². The Kier molecular flexibility index (Phi) is 29.9. The average molecular weight is 1550 g/mol. The summed E-state index contributed by atoms with van der Waals surface area (Å²) in [4.78, 5) is 109. The predicted octanol–water partition coefficient (Wildman–Crippen LogP) is 15.5. The van der Waals surface area contributed by atoms with Crippen LogP contribution in [0, 0.1) is 57.8 Å². The second-order valence-electron chi connectivity index (χ2n) is 30.9. The second-order valence-corrected chi connectivity index (χ2v) is 31.7. The highest BCUT2D eigenvalue weighted by molar-refractivity contribution is 9.10. The molecule has 576 valence electrons. The zero-order valence-corrected chi connectivity index (χ0v) is 67.7. The van der Waals surface area contributed by atoms with Crippen molar-refractivity contribution in [2.75, 3.05) is 47.0 Å². The number of carboxylic acids is 1. The summed E-state index contributed by atoms with van der Waals surface area (Å²) in [7, 11) is 2.89. The van der Waals surface area contributed by atoms with E-state index in [4.69, 9.17) is 41.5 Å². The highest BCUT2D eigenvalue weighted by Crippen LogP contribution is 2.42. The van der Waals surface area contributed by atoms with Crippen LogP contribution < -0.4 is 32.0 Å². The Morgan fingerprint density at radius 2 is 1.08 bits per heavy atom. The van der Waals surface area contributed by atoms with Crippen LogP contribution in [-0.2, 0) is 46.6 Å². The van der Waals surface area contributed by atoms with Gasteiger partial charge in [0, 0.05) is 101 Å². The summed E-state index contributed by atoms with van der Waals surface area (Å²) in [5.74, 6) is -4.34. The lowest BCUT2D eigenvalue weighted by atomic mass is 9.86. The first-order valence-corrected chi connectivity index (χ1v) is 37.6. The molecule has 3 aromatic heterocycles. The first-order chi connectivity index (χ1) is 51.3. The third kappa shape index (κ3) is 22.3. The lowest BCUT2D eigenvalue weighted by molar-refractivity contribution is -0.142. The highest BCUT2D eigenvalue weighted by Gasteiger charge is 2.37. The minimum absolute atomic E-state index is 0.0109. The van der Waals surface area contributed by atoms with Gasteiger partial charge in [-0.1, -0.05) is 154 Å². The van der Waals surface area contributed by atoms with Gasteiger partial charge in [-0.15, -0.1) is 0 Å². The topological polar surface area (TPSA) is 323 Å². The lowest BCUT2D eigenvalue weighted by Gasteiger charge is -2.32. The zero-order chi connectivity index (χ0) is 80.6. The fraction of sp³-hybridized carbons (Fsp3) is 0.398. The molecule has 5 aromatic carbocycles. The van der Waals surface area contributed by atoms with Crippen LogP contribution in [0.25, 0.3) is 44.9 Å². The van der Waals surface area contributed by atoms with Gasteiger partial charge >= 0.3 is 11.9 Å². The van der Waals surface area contributed by atoms with E-state index in [0.29, 0.717) is 62.0 Å². The number of aromatic nitrogens is 3. The highest BCUT2D eigenvalue weighted by atomic mass is 79.9. The molecule has 109 heavy (non-hydrogen) atoms. The number of carboxylic acid groups (broad SMARTS) is 1. The molecule has 1 aliphatic heterocycles. The molecule has 0 saturated heterocycles. The molecule has 1 aliphatic rings. The fourth-order valence-corrected chi connectivity index (χ4v) is 13.5. The maximum Gasteiger partial charge on any atom is 0.339 e. The average Bonchev–Trinajstić information content (AvgIpc) is 0.790. The molecule has 0 radical (unpaired) electrons. The molecule has 0 aliphatic carbocycles. The van der Waals surface area contributed by atoms with Crippen molar-refractivity contribution >= 4 is 57.0 Å². The third-order valence-electron chi connectivity index (χ3n) is 19.3. The Labute approximate surface area is 650 Å². The molecule has 0 unspecified atom stereocenters. The molecule has 8 aromatic rings. The SMILES string of the molecule is COC(=O)c1cc(Br)c(-c2ccc(C(C)(C)C)cc2)nc1C.Cc1cc(C(=O)C[C@@H](CCN)C(=O)N(C)[C@@H]2C(=O)C[C@@H](C)C(=O)N[C@H](C(=O)CCC#N)Cc3ccc(OCCN)c(c3)-c3cc2ccc3OCCN)c(C)nc1-c1ccc(C(C)(C)C)cc1.Cc1cc(C(=O)O)c(C)nc1-c1ccc(C(C)(C)C)cc1. The largest absolute Gasteiger partial charge is 0.492 e. The number of esters is 1. The summed E-state index contributed by atoms with van der Waals surface area (Å²) >= 11 is 3.50. The number of carbonyl (C=O) groups excluding carboxylic acids is 6. The van der Waals surface area contributed by atoms with E-state index in [9.17, 15) is 38.8 Å². The Bertz CT molecular complexity index is 4660. The number of benzene rings is 5. The van der Waals surface area contributed by atoms with Crippen molar-refractivity contribution in [3.05, 3.63) is 205 Å². The maximum absolute atomic E-state index is 14.8. The van der Waals surface area contributed by atoms with E-state index in [1.165, 1.54) is 35.7 Å². The van der Waals surface area contributed by atoms with E-state index >= 15 is 0 Å². The Morgan fingerprint density at radius 3 is 1.55 bits per heavy atom. The maximum atomic E-state index is 14.8. The minimum Gasteiger partial charge on any atom is -0.492 e. The van der Waals surface area contributed by atoms with E-state index in [1.807, 2.05) is 51.1 Å². The number of aromatic carboxylic acids is 1. The first-order valence-electron chi connectivity index (χ1n) is 36.8. The van der Waals surface area contributed by atoms with Crippen LogP contribution in [-0.4, -0.2) is 119 Å². The van der Waals surface area contributed by atoms with Gasteiger partial charge in [0.25, 0.3) is 0 Å². The van der Waals surface area contributed by atoms with Gasteiger partial charge in [-0.25, -0.2) is 9.59 Å². The number of ketones is 3. The number of nitrogens with two attached hydrogens (primary N) is 3. The van der Waals surface area contributed by atoms with E-state index in [-0.39, 0.29) is 111 Å². The standard InChI is InChI=1S/C52H65N7O7.C18H20BrNO2.C18H21NO2/c1-31-25-39(33(3)57-48(31)35-11-14-38(15-12-35)52(4,5)6)44(61)30-37(18-20-54)51(64)59(7)49-36-13-17-47(66-24-22-56)41(29-36)40-27-34(10-16-46(40)65-23-21-55)28-42(43(60)9-8-19-53)58-50(63)32(2)26-45(49)62;1-11-14(17(21)22-5)10-15(19)16(20-11)12-6-8-13(9-7-12)18(2,3)4;1-11-10-15(17(20)21)12(2)19-16(11)13-6-8-14(9-7-13)18(3,4)5/h10-17,25,27,29,32,37,42,49H,8-9,18,20-24,26,28,30,54-56H2,1-7H3,(H,58,63);6-10H,1-5H3;6-10H,1-5H3,(H,20,21)/t32-,37-,42+,49+;;/m1../s1. The first kappa shape index (κ1) is 86.1. The monoisotopic (exact) mass is 1540 g/mol. The number of methoxy groups -OCH3 is 1. The molecule has 4 bridgehead atoms. The number of pyridine rings is 3. The number of aryl methyl sites for hydroxylation is 5. The van der Waals surface area contributed by atoms with E-state index in [2.05, 4.69) is 154 Å². The Hall–Kier alpha value is -10.1. The molecule has 4 atom stereocenters. The van der Waals surface area contributed by atoms with E-state index < -0.39 is 47.5 Å². The van der Waals surface area contributed by atoms with Crippen molar-refractivity contribution in [2.24, 2.45) is 29.0 Å². The molecule has 0 spiro atoms. The third-order valence-corrected chi connectivity index (χ3v) is 19.9. The number of ether oxygens (including phenoxy) is 3. The summed E-state index contributed by atoms with van der Waals surface area (Å²) in [6, 6.07) is 40.5. The van der Waals surface area contributed by atoms with Crippen LogP contribution >= 0.6 is 15.9 Å². The minimum atomic E-state index is -1.23. The van der Waals surface area contributed by atoms with Crippen LogP contribution in [0.1, 0.15) is 194 Å². The number of Topliss-reactive ketones (excluding diaryl/α,β-unsaturated/α-hetero) is 3. The lowest BCUT2D eigenvalue weighted by Crippen LogP contribution is -2.46. The number of hydrogen-bond donors (Lipinski definition) is 5. The van der Waals surface area contributed by atoms with Gasteiger partial charge in [0.2, 0.25) is 11.8 Å². The number of carbonyl (C=O) groups is 7. The molecule has 9 rings (SSSR count). The van der Waals surface area contributed by atoms with E-state index in [1.54, 1.807) is 63.2 Å². The van der Waals surface area contributed by atoms with Crippen LogP contribution in [0.4, 0.5) is 0 Å². The molecule has 2 amide bonds. The smallest absolute Gasteiger partial charge is 0.339 e. The summed E-state index contributed by atoms with van der Waals surface area (Å²) in [6.07, 6.45) is -0.322. The number of nitrogens with zero attached hydrogens (tertiary/aromatic N) is 5. The second kappa shape index (κ2) is 37.8. The number of hydrogen-bond acceptors (Lipinski definition) is 17. The number of rotatable bonds is 21. The molecule has 21 heteroatoms.